The van der Waals surface area contributed by atoms with Gasteiger partial charge in [-0.1, -0.05) is 23.4 Å². The minimum atomic E-state index is -4.74. The van der Waals surface area contributed by atoms with Crippen LogP contribution in [0.1, 0.15) is 31.4 Å². The van der Waals surface area contributed by atoms with Crippen molar-refractivity contribution in [2.45, 2.75) is 32.0 Å². The average Bonchev–Trinajstić information content (AvgIpc) is 2.80. The standard InChI is InChI=1S/C15H15F4NO3S/c1-14(2)9-13(20-23-14)24(21,22)7-3-4-10-5-6-11(16)8-12(10)15(17,18)19/h3-6,8H,7,9H2,1-2H3. The second-order valence-electron chi connectivity index (χ2n) is 5.93. The average molecular weight is 365 g/mol. The van der Waals surface area contributed by atoms with Gasteiger partial charge in [0.05, 0.1) is 11.3 Å². The third-order valence-corrected chi connectivity index (χ3v) is 4.83. The van der Waals surface area contributed by atoms with Gasteiger partial charge in [0.25, 0.3) is 0 Å². The number of hydrogen-bond donors (Lipinski definition) is 0. The molecule has 0 bridgehead atoms. The lowest BCUT2D eigenvalue weighted by Gasteiger charge is -2.13. The number of sulfone groups is 1. The largest absolute Gasteiger partial charge is 0.417 e. The molecule has 1 aliphatic rings. The Hall–Kier alpha value is -1.90. The highest BCUT2D eigenvalue weighted by Crippen LogP contribution is 2.33. The first-order chi connectivity index (χ1) is 10.9. The van der Waals surface area contributed by atoms with Crippen LogP contribution in [0.3, 0.4) is 0 Å². The fraction of sp³-hybridized carbons (Fsp3) is 0.400. The van der Waals surface area contributed by atoms with E-state index in [1.54, 1.807) is 13.8 Å². The molecule has 1 heterocycles. The van der Waals surface area contributed by atoms with Crippen LogP contribution in [-0.4, -0.2) is 24.8 Å². The van der Waals surface area contributed by atoms with E-state index in [1.165, 1.54) is 0 Å². The molecule has 0 atom stereocenters. The summed E-state index contributed by atoms with van der Waals surface area (Å²) in [6.45, 7) is 3.34. The third-order valence-electron chi connectivity index (χ3n) is 3.26. The Morgan fingerprint density at radius 3 is 2.54 bits per heavy atom. The van der Waals surface area contributed by atoms with E-state index in [0.717, 1.165) is 24.3 Å². The van der Waals surface area contributed by atoms with E-state index in [-0.39, 0.29) is 17.0 Å². The molecule has 1 aliphatic heterocycles. The van der Waals surface area contributed by atoms with Gasteiger partial charge in [-0.3, -0.25) is 0 Å². The van der Waals surface area contributed by atoms with Crippen LogP contribution in [0.5, 0.6) is 0 Å². The summed E-state index contributed by atoms with van der Waals surface area (Å²) in [4.78, 5) is 4.98. The number of alkyl halides is 3. The lowest BCUT2D eigenvalue weighted by atomic mass is 10.1. The molecule has 0 fully saturated rings. The second kappa shape index (κ2) is 6.19. The van der Waals surface area contributed by atoms with Crippen molar-refractivity contribution in [3.05, 3.63) is 41.2 Å². The third kappa shape index (κ3) is 4.34. The van der Waals surface area contributed by atoms with Crippen LogP contribution < -0.4 is 0 Å². The topological polar surface area (TPSA) is 55.7 Å². The van der Waals surface area contributed by atoms with E-state index in [2.05, 4.69) is 5.16 Å². The smallest absolute Gasteiger partial charge is 0.389 e. The van der Waals surface area contributed by atoms with Gasteiger partial charge in [0, 0.05) is 6.42 Å². The summed E-state index contributed by atoms with van der Waals surface area (Å²) in [5.41, 5.74) is -2.21. The van der Waals surface area contributed by atoms with E-state index >= 15 is 0 Å². The Balaban J connectivity index is 2.18. The van der Waals surface area contributed by atoms with E-state index in [9.17, 15) is 26.0 Å². The minimum absolute atomic E-state index is 0.0908. The zero-order valence-corrected chi connectivity index (χ0v) is 13.7. The first kappa shape index (κ1) is 18.4. The molecule has 0 saturated carbocycles. The van der Waals surface area contributed by atoms with Crippen molar-refractivity contribution in [1.82, 2.24) is 0 Å². The maximum absolute atomic E-state index is 13.0. The molecule has 1 aromatic carbocycles. The monoisotopic (exact) mass is 365 g/mol. The first-order valence-electron chi connectivity index (χ1n) is 6.92. The van der Waals surface area contributed by atoms with Crippen molar-refractivity contribution < 1.29 is 30.8 Å². The van der Waals surface area contributed by atoms with Crippen LogP contribution >= 0.6 is 0 Å². The summed E-state index contributed by atoms with van der Waals surface area (Å²) in [6, 6.07) is 2.19. The van der Waals surface area contributed by atoms with E-state index in [4.69, 9.17) is 4.84 Å². The van der Waals surface area contributed by atoms with Crippen molar-refractivity contribution >= 4 is 21.0 Å². The van der Waals surface area contributed by atoms with Gasteiger partial charge in [-0.2, -0.15) is 13.2 Å². The fourth-order valence-electron chi connectivity index (χ4n) is 2.09. The molecule has 4 nitrogen and oxygen atoms in total. The molecule has 0 saturated heterocycles. The maximum atomic E-state index is 13.0. The summed E-state index contributed by atoms with van der Waals surface area (Å²) < 4.78 is 75.8. The molecule has 0 aromatic heterocycles. The number of benzene rings is 1. The van der Waals surface area contributed by atoms with Crippen LogP contribution in [0.2, 0.25) is 0 Å². The molecule has 0 amide bonds. The van der Waals surface area contributed by atoms with Gasteiger partial charge in [0.2, 0.25) is 0 Å². The lowest BCUT2D eigenvalue weighted by molar-refractivity contribution is -0.137. The summed E-state index contributed by atoms with van der Waals surface area (Å²) >= 11 is 0. The second-order valence-corrected chi connectivity index (χ2v) is 7.96. The molecule has 24 heavy (non-hydrogen) atoms. The molecule has 1 aromatic rings. The minimum Gasteiger partial charge on any atom is -0.389 e. The Morgan fingerprint density at radius 2 is 2.00 bits per heavy atom. The Kier molecular flexibility index (Phi) is 4.76. The molecule has 0 unspecified atom stereocenters. The number of halogens is 4. The molecule has 0 aliphatic carbocycles. The highest BCUT2D eigenvalue weighted by atomic mass is 32.2. The van der Waals surface area contributed by atoms with Gasteiger partial charge in [-0.25, -0.2) is 12.8 Å². The number of hydrogen-bond acceptors (Lipinski definition) is 4. The van der Waals surface area contributed by atoms with Crippen molar-refractivity contribution in [2.75, 3.05) is 5.75 Å². The Labute approximate surface area is 136 Å². The van der Waals surface area contributed by atoms with Crippen LogP contribution in [-0.2, 0) is 20.9 Å². The van der Waals surface area contributed by atoms with Crippen molar-refractivity contribution in [3.8, 4) is 0 Å². The zero-order chi connectivity index (χ0) is 18.2. The van der Waals surface area contributed by atoms with Gasteiger partial charge < -0.3 is 4.84 Å². The molecule has 0 N–H and O–H groups in total. The maximum Gasteiger partial charge on any atom is 0.417 e. The lowest BCUT2D eigenvalue weighted by Crippen LogP contribution is -2.23. The van der Waals surface area contributed by atoms with Crippen LogP contribution in [0, 0.1) is 5.82 Å². The summed E-state index contributed by atoms with van der Waals surface area (Å²) in [7, 11) is -3.77. The quantitative estimate of drug-likeness (QED) is 0.766. The van der Waals surface area contributed by atoms with Crippen molar-refractivity contribution in [1.29, 1.82) is 0 Å². The van der Waals surface area contributed by atoms with Gasteiger partial charge in [0.15, 0.2) is 14.9 Å². The molecule has 0 spiro atoms. The van der Waals surface area contributed by atoms with Crippen LogP contribution in [0.15, 0.2) is 29.4 Å². The molecule has 2 rings (SSSR count). The number of rotatable bonds is 3. The first-order valence-corrected chi connectivity index (χ1v) is 8.57. The molecular formula is C15H15F4NO3S. The predicted octanol–water partition coefficient (Wildman–Crippen LogP) is 3.78. The predicted molar refractivity (Wildman–Crippen MR) is 81.4 cm³/mol. The Morgan fingerprint density at radius 1 is 1.33 bits per heavy atom. The molecule has 9 heteroatoms. The summed E-state index contributed by atoms with van der Waals surface area (Å²) in [5.74, 6) is -1.55. The van der Waals surface area contributed by atoms with E-state index in [1.807, 2.05) is 0 Å². The summed E-state index contributed by atoms with van der Waals surface area (Å²) in [5, 5.41) is 3.37. The van der Waals surface area contributed by atoms with Crippen molar-refractivity contribution in [3.63, 3.8) is 0 Å². The Bertz CT molecular complexity index is 795. The molecular weight excluding hydrogens is 350 g/mol. The van der Waals surface area contributed by atoms with Crippen molar-refractivity contribution in [2.24, 2.45) is 5.16 Å². The molecule has 132 valence electrons. The van der Waals surface area contributed by atoms with Gasteiger partial charge in [-0.15, -0.1) is 0 Å². The van der Waals surface area contributed by atoms with E-state index in [0.29, 0.717) is 6.07 Å². The number of nitrogens with zero attached hydrogens (tertiary/aromatic N) is 1. The summed E-state index contributed by atoms with van der Waals surface area (Å²) in [6.07, 6.45) is -2.57. The highest BCUT2D eigenvalue weighted by molar-refractivity contribution is 8.06. The fourth-order valence-corrected chi connectivity index (χ4v) is 3.35. The van der Waals surface area contributed by atoms with E-state index < -0.39 is 38.7 Å². The van der Waals surface area contributed by atoms with Gasteiger partial charge in [0.1, 0.15) is 11.4 Å². The number of oxime groups is 1. The molecule has 0 radical (unpaired) electrons. The SMILES string of the molecule is CC1(C)CC(S(=O)(=O)CC=Cc2ccc(F)cc2C(F)(F)F)=NO1. The normalized spacial score (nSPS) is 17.8. The van der Waals surface area contributed by atoms with Gasteiger partial charge in [-0.05, 0) is 31.5 Å². The highest BCUT2D eigenvalue weighted by Gasteiger charge is 2.35. The van der Waals surface area contributed by atoms with Gasteiger partial charge >= 0.3 is 6.18 Å². The zero-order valence-electron chi connectivity index (χ0n) is 12.9. The van der Waals surface area contributed by atoms with Crippen LogP contribution in [0.4, 0.5) is 17.6 Å². The van der Waals surface area contributed by atoms with Crippen LogP contribution in [0.25, 0.3) is 6.08 Å².